The molecule has 1 aliphatic rings. The Kier molecular flexibility index (Phi) is 4.98. The standard InChI is InChI=1S/C19H30O2/c1-13(2)14-9-10-17(20)18(11-14)21-16-8-6-7-15(12-16)19(3,4)5/h6-8,12-14,17-18,20H,9-11H2,1-5H3. The molecular weight excluding hydrogens is 260 g/mol. The number of ether oxygens (including phenoxy) is 1. The van der Waals surface area contributed by atoms with Gasteiger partial charge < -0.3 is 9.84 Å². The summed E-state index contributed by atoms with van der Waals surface area (Å²) in [7, 11) is 0. The molecule has 0 bridgehead atoms. The van der Waals surface area contributed by atoms with Crippen molar-refractivity contribution in [3.63, 3.8) is 0 Å². The lowest BCUT2D eigenvalue weighted by molar-refractivity contribution is -0.0177. The van der Waals surface area contributed by atoms with Crippen LogP contribution < -0.4 is 4.74 Å². The van der Waals surface area contributed by atoms with Crippen LogP contribution in [0.25, 0.3) is 0 Å². The molecule has 0 spiro atoms. The van der Waals surface area contributed by atoms with Gasteiger partial charge in [0.25, 0.3) is 0 Å². The summed E-state index contributed by atoms with van der Waals surface area (Å²) in [6.45, 7) is 11.1. The lowest BCUT2D eigenvalue weighted by Gasteiger charge is -2.35. The smallest absolute Gasteiger partial charge is 0.125 e. The fraction of sp³-hybridized carbons (Fsp3) is 0.684. The molecule has 118 valence electrons. The molecule has 2 nitrogen and oxygen atoms in total. The SMILES string of the molecule is CC(C)C1CCC(O)C(Oc2cccc(C(C)(C)C)c2)C1. The fourth-order valence-corrected chi connectivity index (χ4v) is 3.09. The molecule has 1 N–H and O–H groups in total. The third-order valence-corrected chi connectivity index (χ3v) is 4.73. The molecule has 2 rings (SSSR count). The Morgan fingerprint density at radius 1 is 1.19 bits per heavy atom. The predicted octanol–water partition coefficient (Wildman–Crippen LogP) is 4.55. The van der Waals surface area contributed by atoms with Crippen LogP contribution in [0.4, 0.5) is 0 Å². The lowest BCUT2D eigenvalue weighted by atomic mass is 9.79. The molecule has 0 aliphatic heterocycles. The van der Waals surface area contributed by atoms with Crippen LogP contribution in [0.5, 0.6) is 5.75 Å². The maximum atomic E-state index is 10.2. The van der Waals surface area contributed by atoms with Gasteiger partial charge in [-0.3, -0.25) is 0 Å². The van der Waals surface area contributed by atoms with Gasteiger partial charge in [0.2, 0.25) is 0 Å². The van der Waals surface area contributed by atoms with Gasteiger partial charge in [-0.15, -0.1) is 0 Å². The van der Waals surface area contributed by atoms with Crippen LogP contribution in [0.15, 0.2) is 24.3 Å². The number of rotatable bonds is 3. The van der Waals surface area contributed by atoms with E-state index in [1.165, 1.54) is 5.56 Å². The zero-order valence-electron chi connectivity index (χ0n) is 14.1. The normalized spacial score (nSPS) is 26.9. The summed E-state index contributed by atoms with van der Waals surface area (Å²) in [6.07, 6.45) is 2.52. The molecule has 0 heterocycles. The van der Waals surface area contributed by atoms with Crippen molar-refractivity contribution in [3.8, 4) is 5.75 Å². The number of aliphatic hydroxyl groups excluding tert-OH is 1. The number of hydrogen-bond acceptors (Lipinski definition) is 2. The van der Waals surface area contributed by atoms with Gasteiger partial charge in [-0.05, 0) is 54.2 Å². The van der Waals surface area contributed by atoms with Crippen molar-refractivity contribution in [1.82, 2.24) is 0 Å². The van der Waals surface area contributed by atoms with E-state index in [0.29, 0.717) is 11.8 Å². The lowest BCUT2D eigenvalue weighted by Crippen LogP contribution is -2.39. The fourth-order valence-electron chi connectivity index (χ4n) is 3.09. The first kappa shape index (κ1) is 16.4. The highest BCUT2D eigenvalue weighted by Crippen LogP contribution is 2.33. The Bertz CT molecular complexity index is 459. The van der Waals surface area contributed by atoms with E-state index in [-0.39, 0.29) is 17.6 Å². The number of benzene rings is 1. The topological polar surface area (TPSA) is 29.5 Å². The molecule has 1 aliphatic carbocycles. The average Bonchev–Trinajstić information content (AvgIpc) is 2.40. The van der Waals surface area contributed by atoms with Crippen LogP contribution in [0.1, 0.15) is 59.4 Å². The van der Waals surface area contributed by atoms with Gasteiger partial charge in [0.15, 0.2) is 0 Å². The summed E-state index contributed by atoms with van der Waals surface area (Å²) in [5, 5.41) is 10.2. The maximum Gasteiger partial charge on any atom is 0.125 e. The van der Waals surface area contributed by atoms with Crippen LogP contribution in [0, 0.1) is 11.8 Å². The summed E-state index contributed by atoms with van der Waals surface area (Å²) in [5.41, 5.74) is 1.39. The predicted molar refractivity (Wildman–Crippen MR) is 87.7 cm³/mol. The van der Waals surface area contributed by atoms with E-state index in [9.17, 15) is 5.11 Å². The van der Waals surface area contributed by atoms with E-state index in [2.05, 4.69) is 46.8 Å². The van der Waals surface area contributed by atoms with Crippen LogP contribution in [-0.2, 0) is 5.41 Å². The molecule has 3 atom stereocenters. The zero-order chi connectivity index (χ0) is 15.6. The largest absolute Gasteiger partial charge is 0.488 e. The minimum Gasteiger partial charge on any atom is -0.488 e. The van der Waals surface area contributed by atoms with Gasteiger partial charge in [-0.2, -0.15) is 0 Å². The second-order valence-corrected chi connectivity index (χ2v) is 7.82. The molecule has 1 aromatic rings. The Balaban J connectivity index is 2.09. The Morgan fingerprint density at radius 3 is 2.52 bits per heavy atom. The van der Waals surface area contributed by atoms with Crippen LogP contribution >= 0.6 is 0 Å². The summed E-state index contributed by atoms with van der Waals surface area (Å²) in [5.74, 6) is 2.20. The van der Waals surface area contributed by atoms with Gasteiger partial charge in [0.1, 0.15) is 11.9 Å². The first-order valence-electron chi connectivity index (χ1n) is 8.22. The minimum atomic E-state index is -0.335. The van der Waals surface area contributed by atoms with Crippen molar-refractivity contribution in [1.29, 1.82) is 0 Å². The molecule has 0 radical (unpaired) electrons. The quantitative estimate of drug-likeness (QED) is 0.885. The highest BCUT2D eigenvalue weighted by Gasteiger charge is 2.32. The van der Waals surface area contributed by atoms with E-state index in [0.717, 1.165) is 25.0 Å². The molecule has 1 saturated carbocycles. The van der Waals surface area contributed by atoms with E-state index < -0.39 is 0 Å². The van der Waals surface area contributed by atoms with Crippen molar-refractivity contribution in [2.75, 3.05) is 0 Å². The van der Waals surface area contributed by atoms with Gasteiger partial charge in [-0.1, -0.05) is 46.8 Å². The van der Waals surface area contributed by atoms with Gasteiger partial charge in [-0.25, -0.2) is 0 Å². The summed E-state index contributed by atoms with van der Waals surface area (Å²) >= 11 is 0. The maximum absolute atomic E-state index is 10.2. The Hall–Kier alpha value is -1.02. The molecule has 3 unspecified atom stereocenters. The Labute approximate surface area is 129 Å². The molecule has 1 fully saturated rings. The van der Waals surface area contributed by atoms with Crippen LogP contribution in [-0.4, -0.2) is 17.3 Å². The van der Waals surface area contributed by atoms with Crippen LogP contribution in [0.3, 0.4) is 0 Å². The van der Waals surface area contributed by atoms with Gasteiger partial charge in [0, 0.05) is 0 Å². The van der Waals surface area contributed by atoms with Crippen LogP contribution in [0.2, 0.25) is 0 Å². The molecular formula is C19H30O2. The highest BCUT2D eigenvalue weighted by atomic mass is 16.5. The average molecular weight is 290 g/mol. The molecule has 21 heavy (non-hydrogen) atoms. The number of aliphatic hydroxyl groups is 1. The van der Waals surface area contributed by atoms with Crippen molar-refractivity contribution in [3.05, 3.63) is 29.8 Å². The van der Waals surface area contributed by atoms with Crippen molar-refractivity contribution >= 4 is 0 Å². The third-order valence-electron chi connectivity index (χ3n) is 4.73. The van der Waals surface area contributed by atoms with E-state index in [4.69, 9.17) is 4.74 Å². The second kappa shape index (κ2) is 6.39. The summed E-state index contributed by atoms with van der Waals surface area (Å²) in [4.78, 5) is 0. The van der Waals surface area contributed by atoms with Crippen molar-refractivity contribution < 1.29 is 9.84 Å². The monoisotopic (exact) mass is 290 g/mol. The zero-order valence-corrected chi connectivity index (χ0v) is 14.1. The van der Waals surface area contributed by atoms with Gasteiger partial charge in [0.05, 0.1) is 6.10 Å². The summed E-state index contributed by atoms with van der Waals surface area (Å²) in [6, 6.07) is 8.30. The van der Waals surface area contributed by atoms with E-state index in [1.807, 2.05) is 12.1 Å². The highest BCUT2D eigenvalue weighted by molar-refractivity contribution is 5.32. The second-order valence-electron chi connectivity index (χ2n) is 7.82. The minimum absolute atomic E-state index is 0.0682. The first-order chi connectivity index (χ1) is 9.77. The Morgan fingerprint density at radius 2 is 1.90 bits per heavy atom. The van der Waals surface area contributed by atoms with E-state index >= 15 is 0 Å². The molecule has 2 heteroatoms. The number of hydrogen-bond donors (Lipinski definition) is 1. The molecule has 0 amide bonds. The first-order valence-corrected chi connectivity index (χ1v) is 8.22. The van der Waals surface area contributed by atoms with E-state index in [1.54, 1.807) is 0 Å². The molecule has 1 aromatic carbocycles. The molecule has 0 aromatic heterocycles. The molecule has 0 saturated heterocycles. The van der Waals surface area contributed by atoms with Crippen molar-refractivity contribution in [2.45, 2.75) is 71.5 Å². The summed E-state index contributed by atoms with van der Waals surface area (Å²) < 4.78 is 6.13. The third kappa shape index (κ3) is 4.23. The van der Waals surface area contributed by atoms with Gasteiger partial charge >= 0.3 is 0 Å². The van der Waals surface area contributed by atoms with Crippen molar-refractivity contribution in [2.24, 2.45) is 11.8 Å².